The summed E-state index contributed by atoms with van der Waals surface area (Å²) >= 11 is 21.1. The van der Waals surface area contributed by atoms with Gasteiger partial charge in [0, 0.05) is 22.2 Å². The zero-order valence-electron chi connectivity index (χ0n) is 11.0. The van der Waals surface area contributed by atoms with Gasteiger partial charge in [-0.1, -0.05) is 55.3 Å². The third-order valence-electron chi connectivity index (χ3n) is 2.92. The molecule has 0 aliphatic rings. The molecule has 0 bridgehead atoms. The first-order valence-electron chi connectivity index (χ1n) is 6.11. The van der Waals surface area contributed by atoms with Crippen LogP contribution in [0, 0.1) is 4.64 Å². The fourth-order valence-electron chi connectivity index (χ4n) is 1.88. The van der Waals surface area contributed by atoms with Gasteiger partial charge in [0.1, 0.15) is 10.5 Å². The van der Waals surface area contributed by atoms with Gasteiger partial charge < -0.3 is 4.98 Å². The highest BCUT2D eigenvalue weighted by Crippen LogP contribution is 2.28. The monoisotopic (exact) mass is 390 g/mol. The minimum Gasteiger partial charge on any atom is -0.346 e. The summed E-state index contributed by atoms with van der Waals surface area (Å²) in [4.78, 5) is 7.70. The molecule has 20 heavy (non-hydrogen) atoms. The largest absolute Gasteiger partial charge is 0.346 e. The Morgan fingerprint density at radius 2 is 1.90 bits per heavy atom. The summed E-state index contributed by atoms with van der Waals surface area (Å²) < 4.78 is 1.39. The van der Waals surface area contributed by atoms with E-state index in [2.05, 4.69) is 39.7 Å². The van der Waals surface area contributed by atoms with Crippen LogP contribution in [0.3, 0.4) is 0 Å². The van der Waals surface area contributed by atoms with Gasteiger partial charge in [-0.15, -0.1) is 0 Å². The summed E-state index contributed by atoms with van der Waals surface area (Å²) in [6.07, 6.45) is 0.523. The van der Waals surface area contributed by atoms with E-state index in [1.54, 1.807) is 0 Å². The van der Waals surface area contributed by atoms with Crippen LogP contribution in [0.4, 0.5) is 0 Å². The molecule has 2 rings (SSSR count). The number of H-pyrrole nitrogens is 1. The first-order valence-corrected chi connectivity index (χ1v) is 8.07. The topological polar surface area (TPSA) is 28.7 Å². The van der Waals surface area contributed by atoms with E-state index in [0.29, 0.717) is 27.0 Å². The van der Waals surface area contributed by atoms with E-state index in [1.165, 1.54) is 0 Å². The number of hydrogen-bond donors (Lipinski definition) is 1. The third-order valence-corrected chi connectivity index (χ3v) is 4.99. The Labute approximate surface area is 141 Å². The minimum absolute atomic E-state index is 0.314. The van der Waals surface area contributed by atoms with E-state index in [4.69, 9.17) is 35.4 Å². The quantitative estimate of drug-likeness (QED) is 0.657. The SMILES string of the molecule is CC(C)c1[nH]c(Cc2c(Cl)cccc2Cl)nc(=S)c1Br. The van der Waals surface area contributed by atoms with Crippen LogP contribution in [0.2, 0.25) is 10.0 Å². The molecule has 0 atom stereocenters. The molecule has 0 radical (unpaired) electrons. The second-order valence-electron chi connectivity index (χ2n) is 4.75. The van der Waals surface area contributed by atoms with Crippen molar-refractivity contribution in [3.05, 3.63) is 54.4 Å². The molecule has 0 saturated carbocycles. The Hall–Kier alpha value is -0.420. The molecule has 1 aromatic heterocycles. The summed E-state index contributed by atoms with van der Waals surface area (Å²) in [5.74, 6) is 1.08. The molecule has 0 unspecified atom stereocenters. The van der Waals surface area contributed by atoms with Crippen LogP contribution in [-0.4, -0.2) is 9.97 Å². The lowest BCUT2D eigenvalue weighted by atomic mass is 10.1. The van der Waals surface area contributed by atoms with Gasteiger partial charge >= 0.3 is 0 Å². The van der Waals surface area contributed by atoms with Crippen molar-refractivity contribution in [2.75, 3.05) is 0 Å². The molecular formula is C14H13BrCl2N2S. The van der Waals surface area contributed by atoms with Crippen LogP contribution in [0.1, 0.15) is 36.8 Å². The van der Waals surface area contributed by atoms with E-state index in [-0.39, 0.29) is 0 Å². The van der Waals surface area contributed by atoms with Gasteiger partial charge in [0.25, 0.3) is 0 Å². The van der Waals surface area contributed by atoms with E-state index in [1.807, 2.05) is 18.2 Å². The fourth-order valence-corrected chi connectivity index (χ4v) is 3.27. The molecule has 6 heteroatoms. The fraction of sp³-hybridized carbons (Fsp3) is 0.286. The molecule has 1 aromatic carbocycles. The molecule has 2 aromatic rings. The lowest BCUT2D eigenvalue weighted by molar-refractivity contribution is 0.780. The molecule has 0 aliphatic carbocycles. The molecular weight excluding hydrogens is 379 g/mol. The maximum Gasteiger partial charge on any atom is 0.144 e. The molecule has 1 heterocycles. The van der Waals surface area contributed by atoms with Crippen LogP contribution in [0.25, 0.3) is 0 Å². The first-order chi connectivity index (χ1) is 9.40. The second kappa shape index (κ2) is 6.56. The number of benzene rings is 1. The van der Waals surface area contributed by atoms with Gasteiger partial charge in [-0.3, -0.25) is 0 Å². The highest BCUT2D eigenvalue weighted by Gasteiger charge is 2.12. The molecule has 0 saturated heterocycles. The first kappa shape index (κ1) is 16.0. The normalized spacial score (nSPS) is 11.1. The number of rotatable bonds is 3. The molecule has 0 spiro atoms. The molecule has 0 aliphatic heterocycles. The maximum absolute atomic E-state index is 6.19. The summed E-state index contributed by atoms with van der Waals surface area (Å²) in [5.41, 5.74) is 1.88. The highest BCUT2D eigenvalue weighted by molar-refractivity contribution is 9.10. The Morgan fingerprint density at radius 3 is 2.45 bits per heavy atom. The summed E-state index contributed by atoms with van der Waals surface area (Å²) in [5, 5.41) is 1.26. The van der Waals surface area contributed by atoms with Crippen molar-refractivity contribution >= 4 is 51.3 Å². The third kappa shape index (κ3) is 3.42. The lowest BCUT2D eigenvalue weighted by Gasteiger charge is -2.12. The molecule has 2 nitrogen and oxygen atoms in total. The Bertz CT molecular complexity index is 678. The molecule has 0 amide bonds. The van der Waals surface area contributed by atoms with Crippen LogP contribution in [0.5, 0.6) is 0 Å². The van der Waals surface area contributed by atoms with Crippen molar-refractivity contribution in [2.24, 2.45) is 0 Å². The number of hydrogen-bond acceptors (Lipinski definition) is 2. The van der Waals surface area contributed by atoms with Gasteiger partial charge in [-0.2, -0.15) is 0 Å². The van der Waals surface area contributed by atoms with E-state index in [9.17, 15) is 0 Å². The van der Waals surface area contributed by atoms with Crippen molar-refractivity contribution in [3.63, 3.8) is 0 Å². The van der Waals surface area contributed by atoms with Crippen LogP contribution in [-0.2, 0) is 6.42 Å². The van der Waals surface area contributed by atoms with Gasteiger partial charge in [-0.05, 0) is 39.5 Å². The van der Waals surface area contributed by atoms with Crippen molar-refractivity contribution in [3.8, 4) is 0 Å². The van der Waals surface area contributed by atoms with Crippen LogP contribution < -0.4 is 0 Å². The van der Waals surface area contributed by atoms with E-state index in [0.717, 1.165) is 21.6 Å². The van der Waals surface area contributed by atoms with Crippen molar-refractivity contribution in [2.45, 2.75) is 26.2 Å². The average Bonchev–Trinajstić information content (AvgIpc) is 2.37. The van der Waals surface area contributed by atoms with Gasteiger partial charge in [0.15, 0.2) is 0 Å². The second-order valence-corrected chi connectivity index (χ2v) is 6.74. The van der Waals surface area contributed by atoms with Gasteiger partial charge in [0.2, 0.25) is 0 Å². The smallest absolute Gasteiger partial charge is 0.144 e. The summed E-state index contributed by atoms with van der Waals surface area (Å²) in [6.45, 7) is 4.19. The number of nitrogens with zero attached hydrogens (tertiary/aromatic N) is 1. The van der Waals surface area contributed by atoms with Crippen molar-refractivity contribution in [1.82, 2.24) is 9.97 Å². The Balaban J connectivity index is 2.47. The number of halogens is 3. The highest BCUT2D eigenvalue weighted by atomic mass is 79.9. The molecule has 0 fully saturated rings. The Kier molecular flexibility index (Phi) is 5.24. The van der Waals surface area contributed by atoms with Crippen LogP contribution in [0.15, 0.2) is 22.7 Å². The lowest BCUT2D eigenvalue weighted by Crippen LogP contribution is -2.04. The van der Waals surface area contributed by atoms with Crippen molar-refractivity contribution < 1.29 is 0 Å². The van der Waals surface area contributed by atoms with E-state index < -0.39 is 0 Å². The number of aromatic amines is 1. The minimum atomic E-state index is 0.314. The maximum atomic E-state index is 6.19. The average molecular weight is 392 g/mol. The number of aromatic nitrogens is 2. The zero-order valence-corrected chi connectivity index (χ0v) is 14.9. The molecule has 1 N–H and O–H groups in total. The zero-order chi connectivity index (χ0) is 14.9. The predicted octanol–water partition coefficient (Wildman–Crippen LogP) is 5.92. The summed E-state index contributed by atoms with van der Waals surface area (Å²) in [7, 11) is 0. The van der Waals surface area contributed by atoms with Gasteiger partial charge in [0.05, 0.1) is 4.47 Å². The van der Waals surface area contributed by atoms with E-state index >= 15 is 0 Å². The summed E-state index contributed by atoms with van der Waals surface area (Å²) in [6, 6.07) is 5.46. The molecule has 106 valence electrons. The van der Waals surface area contributed by atoms with Crippen LogP contribution >= 0.6 is 51.3 Å². The Morgan fingerprint density at radius 1 is 1.30 bits per heavy atom. The predicted molar refractivity (Wildman–Crippen MR) is 90.5 cm³/mol. The standard InChI is InChI=1S/C14H13BrCl2N2S/c1-7(2)13-12(15)14(20)19-11(18-13)6-8-9(16)4-3-5-10(8)17/h3-5,7H,6H2,1-2H3,(H,18,19,20). The number of nitrogens with one attached hydrogen (secondary N) is 1. The van der Waals surface area contributed by atoms with Gasteiger partial charge in [-0.25, -0.2) is 4.98 Å². The van der Waals surface area contributed by atoms with Crippen molar-refractivity contribution in [1.29, 1.82) is 0 Å².